The highest BCUT2D eigenvalue weighted by atomic mass is 35.5. The lowest BCUT2D eigenvalue weighted by Crippen LogP contribution is -2.45. The molecular weight excluding hydrogens is 384 g/mol. The Hall–Kier alpha value is -0.670. The number of hydrogen-bond acceptors (Lipinski definition) is 5. The van der Waals surface area contributed by atoms with Gasteiger partial charge in [0.1, 0.15) is 4.90 Å². The molecule has 0 aromatic heterocycles. The van der Waals surface area contributed by atoms with Gasteiger partial charge in [0.25, 0.3) is 0 Å². The molecule has 6 nitrogen and oxygen atoms in total. The van der Waals surface area contributed by atoms with Gasteiger partial charge in [-0.1, -0.05) is 18.5 Å². The highest BCUT2D eigenvalue weighted by Crippen LogP contribution is 2.25. The van der Waals surface area contributed by atoms with Crippen molar-refractivity contribution in [3.63, 3.8) is 0 Å². The summed E-state index contributed by atoms with van der Waals surface area (Å²) >= 11 is 6.00. The smallest absolute Gasteiger partial charge is 0.242 e. The Bertz CT molecular complexity index is 825. The molecule has 0 bridgehead atoms. The molecule has 142 valence electrons. The van der Waals surface area contributed by atoms with Crippen LogP contribution in [0.25, 0.3) is 0 Å². The molecule has 1 N–H and O–H groups in total. The summed E-state index contributed by atoms with van der Waals surface area (Å²) in [6.07, 6.45) is 3.34. The molecule has 1 fully saturated rings. The number of likely N-dealkylation sites (tertiary alicyclic amines) is 1. The van der Waals surface area contributed by atoms with Crippen molar-refractivity contribution >= 4 is 31.5 Å². The van der Waals surface area contributed by atoms with Crippen molar-refractivity contribution in [1.29, 1.82) is 0 Å². The van der Waals surface area contributed by atoms with E-state index in [1.165, 1.54) is 18.6 Å². The molecule has 1 aromatic carbocycles. The topological polar surface area (TPSA) is 83.6 Å². The van der Waals surface area contributed by atoms with Crippen molar-refractivity contribution in [3.8, 4) is 0 Å². The summed E-state index contributed by atoms with van der Waals surface area (Å²) in [5.41, 5.74) is 0. The Morgan fingerprint density at radius 2 is 2.00 bits per heavy atom. The van der Waals surface area contributed by atoms with Crippen molar-refractivity contribution in [2.75, 3.05) is 25.9 Å². The van der Waals surface area contributed by atoms with Gasteiger partial charge in [-0.2, -0.15) is 0 Å². The first kappa shape index (κ1) is 20.6. The summed E-state index contributed by atoms with van der Waals surface area (Å²) < 4.78 is 51.2. The number of benzene rings is 1. The van der Waals surface area contributed by atoms with Crippen LogP contribution in [0, 0.1) is 5.92 Å². The molecule has 1 saturated heterocycles. The number of nitrogens with one attached hydrogen (secondary N) is 1. The van der Waals surface area contributed by atoms with Crippen molar-refractivity contribution < 1.29 is 16.8 Å². The standard InChI is InChI=1S/C16H25ClN2O4S2/c1-12-5-4-8-19(10-12)11-13(2)18-25(22,23)16-9-14(24(3,20)21)6-7-15(16)17/h6-7,9,12-13,18H,4-5,8,10-11H2,1-3H3/t12-,13-/m0/s1. The van der Waals surface area contributed by atoms with Crippen molar-refractivity contribution in [2.45, 2.75) is 42.5 Å². The second-order valence-corrected chi connectivity index (χ2v) is 11.0. The lowest BCUT2D eigenvalue weighted by molar-refractivity contribution is 0.174. The quantitative estimate of drug-likeness (QED) is 0.779. The van der Waals surface area contributed by atoms with Crippen LogP contribution in [0.5, 0.6) is 0 Å². The lowest BCUT2D eigenvalue weighted by atomic mass is 10.00. The van der Waals surface area contributed by atoms with Crippen LogP contribution in [-0.2, 0) is 19.9 Å². The largest absolute Gasteiger partial charge is 0.301 e. The Balaban J connectivity index is 2.15. The fourth-order valence-electron chi connectivity index (χ4n) is 3.13. The number of nitrogens with zero attached hydrogens (tertiary/aromatic N) is 1. The first-order valence-corrected chi connectivity index (χ1v) is 12.0. The molecule has 1 aliphatic heterocycles. The van der Waals surface area contributed by atoms with Crippen LogP contribution in [-0.4, -0.2) is 53.7 Å². The molecule has 2 rings (SSSR count). The Morgan fingerprint density at radius 1 is 1.32 bits per heavy atom. The van der Waals surface area contributed by atoms with Gasteiger partial charge in [0.15, 0.2) is 9.84 Å². The van der Waals surface area contributed by atoms with E-state index in [1.54, 1.807) is 6.92 Å². The summed E-state index contributed by atoms with van der Waals surface area (Å²) in [4.78, 5) is 1.96. The molecular formula is C16H25ClN2O4S2. The summed E-state index contributed by atoms with van der Waals surface area (Å²) in [5, 5.41) is -0.00121. The number of rotatable bonds is 6. The van der Waals surface area contributed by atoms with E-state index in [9.17, 15) is 16.8 Å². The van der Waals surface area contributed by atoms with Gasteiger partial charge in [0, 0.05) is 25.4 Å². The highest BCUT2D eigenvalue weighted by molar-refractivity contribution is 7.91. The van der Waals surface area contributed by atoms with E-state index < -0.39 is 19.9 Å². The minimum Gasteiger partial charge on any atom is -0.301 e. The second-order valence-electron chi connectivity index (χ2n) is 6.89. The second kappa shape index (κ2) is 7.92. The third-order valence-corrected chi connectivity index (χ3v) is 7.43. The summed E-state index contributed by atoms with van der Waals surface area (Å²) in [6.45, 7) is 6.51. The Morgan fingerprint density at radius 3 is 2.60 bits per heavy atom. The molecule has 0 unspecified atom stereocenters. The van der Waals surface area contributed by atoms with Crippen LogP contribution < -0.4 is 4.72 Å². The van der Waals surface area contributed by atoms with Gasteiger partial charge in [0.2, 0.25) is 10.0 Å². The van der Waals surface area contributed by atoms with Crippen molar-refractivity contribution in [2.24, 2.45) is 5.92 Å². The zero-order valence-corrected chi connectivity index (χ0v) is 17.1. The average molecular weight is 409 g/mol. The molecule has 2 atom stereocenters. The highest BCUT2D eigenvalue weighted by Gasteiger charge is 2.25. The maximum absolute atomic E-state index is 12.6. The average Bonchev–Trinajstić information content (AvgIpc) is 2.45. The SMILES string of the molecule is C[C@H]1CCCN(C[C@H](C)NS(=O)(=O)c2cc(S(C)(=O)=O)ccc2Cl)C1. The summed E-state index contributed by atoms with van der Waals surface area (Å²) in [7, 11) is -7.43. The zero-order chi connectivity index (χ0) is 18.8. The first-order valence-electron chi connectivity index (χ1n) is 8.23. The van der Waals surface area contributed by atoms with E-state index in [-0.39, 0.29) is 20.9 Å². The van der Waals surface area contributed by atoms with Gasteiger partial charge >= 0.3 is 0 Å². The van der Waals surface area contributed by atoms with Gasteiger partial charge in [-0.25, -0.2) is 21.6 Å². The van der Waals surface area contributed by atoms with Crippen molar-refractivity contribution in [3.05, 3.63) is 23.2 Å². The molecule has 0 saturated carbocycles. The lowest BCUT2D eigenvalue weighted by Gasteiger charge is -2.32. The molecule has 0 aliphatic carbocycles. The molecule has 1 aromatic rings. The predicted molar refractivity (Wildman–Crippen MR) is 99.2 cm³/mol. The van der Waals surface area contributed by atoms with Gasteiger partial charge < -0.3 is 4.90 Å². The number of halogens is 1. The minimum absolute atomic E-state index is 0.00121. The third kappa shape index (κ3) is 5.65. The van der Waals surface area contributed by atoms with Gasteiger partial charge in [0.05, 0.1) is 9.92 Å². The molecule has 0 spiro atoms. The van der Waals surface area contributed by atoms with Crippen LogP contribution in [0.4, 0.5) is 0 Å². The number of sulfone groups is 1. The molecule has 25 heavy (non-hydrogen) atoms. The van der Waals surface area contributed by atoms with E-state index in [0.717, 1.165) is 31.8 Å². The summed E-state index contributed by atoms with van der Waals surface area (Å²) in [5.74, 6) is 0.610. The number of hydrogen-bond donors (Lipinski definition) is 1. The number of sulfonamides is 1. The van der Waals surface area contributed by atoms with Crippen LogP contribution in [0.15, 0.2) is 28.0 Å². The maximum Gasteiger partial charge on any atom is 0.242 e. The normalized spacial score (nSPS) is 21.2. The Labute approximate surface area is 155 Å². The van der Waals surface area contributed by atoms with Gasteiger partial charge in [-0.05, 0) is 50.4 Å². The van der Waals surface area contributed by atoms with E-state index >= 15 is 0 Å². The van der Waals surface area contributed by atoms with Crippen LogP contribution in [0.1, 0.15) is 26.7 Å². The minimum atomic E-state index is -3.91. The van der Waals surface area contributed by atoms with Gasteiger partial charge in [-0.15, -0.1) is 0 Å². The monoisotopic (exact) mass is 408 g/mol. The van der Waals surface area contributed by atoms with E-state index in [4.69, 9.17) is 11.6 Å². The zero-order valence-electron chi connectivity index (χ0n) is 14.7. The van der Waals surface area contributed by atoms with Crippen LogP contribution >= 0.6 is 11.6 Å². The Kier molecular flexibility index (Phi) is 6.54. The molecule has 1 aliphatic rings. The van der Waals surface area contributed by atoms with E-state index in [0.29, 0.717) is 12.5 Å². The van der Waals surface area contributed by atoms with Crippen molar-refractivity contribution in [1.82, 2.24) is 9.62 Å². The first-order chi connectivity index (χ1) is 11.5. The predicted octanol–water partition coefficient (Wildman–Crippen LogP) is 2.14. The number of piperidine rings is 1. The fourth-order valence-corrected chi connectivity index (χ4v) is 5.61. The molecule has 0 radical (unpaired) electrons. The third-order valence-electron chi connectivity index (χ3n) is 4.25. The fraction of sp³-hybridized carbons (Fsp3) is 0.625. The van der Waals surface area contributed by atoms with E-state index in [1.807, 2.05) is 0 Å². The van der Waals surface area contributed by atoms with Crippen LogP contribution in [0.2, 0.25) is 5.02 Å². The molecule has 1 heterocycles. The molecule has 0 amide bonds. The van der Waals surface area contributed by atoms with Crippen LogP contribution in [0.3, 0.4) is 0 Å². The summed E-state index contributed by atoms with van der Waals surface area (Å²) in [6, 6.07) is 3.39. The molecule has 9 heteroatoms. The maximum atomic E-state index is 12.6. The van der Waals surface area contributed by atoms with E-state index in [2.05, 4.69) is 16.5 Å². The van der Waals surface area contributed by atoms with Gasteiger partial charge in [-0.3, -0.25) is 0 Å².